The lowest BCUT2D eigenvalue weighted by Gasteiger charge is -2.08. The lowest BCUT2D eigenvalue weighted by molar-refractivity contribution is -0.140. The molecule has 0 radical (unpaired) electrons. The van der Waals surface area contributed by atoms with Gasteiger partial charge in [0.15, 0.2) is 0 Å². The minimum atomic E-state index is -4.66. The molecule has 0 spiro atoms. The van der Waals surface area contributed by atoms with Gasteiger partial charge in [-0.1, -0.05) is 24.3 Å². The quantitative estimate of drug-likeness (QED) is 0.586. The van der Waals surface area contributed by atoms with Crippen LogP contribution in [-0.4, -0.2) is 5.75 Å². The number of hydrogen-bond acceptors (Lipinski definition) is 1. The summed E-state index contributed by atoms with van der Waals surface area (Å²) in [6.45, 7) is 0. The summed E-state index contributed by atoms with van der Waals surface area (Å²) < 4.78 is 50.1. The first kappa shape index (κ1) is 12.1. The predicted molar refractivity (Wildman–Crippen MR) is 54.3 cm³/mol. The zero-order valence-corrected chi connectivity index (χ0v) is 8.45. The van der Waals surface area contributed by atoms with Gasteiger partial charge in [0.25, 0.3) is 0 Å². The summed E-state index contributed by atoms with van der Waals surface area (Å²) in [6.07, 6.45) is -1.91. The molecule has 0 nitrogen and oxygen atoms in total. The molecule has 0 heterocycles. The van der Waals surface area contributed by atoms with Crippen LogP contribution in [0.25, 0.3) is 6.08 Å². The third-order valence-corrected chi connectivity index (χ3v) is 1.95. The highest BCUT2D eigenvalue weighted by Gasteiger charge is 2.34. The van der Waals surface area contributed by atoms with E-state index >= 15 is 0 Å². The Morgan fingerprint density at radius 3 is 2.47 bits per heavy atom. The van der Waals surface area contributed by atoms with Gasteiger partial charge in [-0.3, -0.25) is 0 Å². The highest BCUT2D eigenvalue weighted by Crippen LogP contribution is 2.32. The highest BCUT2D eigenvalue weighted by atomic mass is 32.1. The minimum Gasteiger partial charge on any atom is -0.206 e. The maximum absolute atomic E-state index is 13.3. The van der Waals surface area contributed by atoms with Gasteiger partial charge in [-0.2, -0.15) is 25.8 Å². The molecule has 0 atom stereocenters. The molecule has 0 aliphatic carbocycles. The molecule has 1 aromatic carbocycles. The Morgan fingerprint density at radius 1 is 1.27 bits per heavy atom. The van der Waals surface area contributed by atoms with E-state index in [1.807, 2.05) is 0 Å². The zero-order chi connectivity index (χ0) is 11.5. The Hall–Kier alpha value is -0.970. The smallest absolute Gasteiger partial charge is 0.206 e. The van der Waals surface area contributed by atoms with Crippen LogP contribution >= 0.6 is 12.6 Å². The minimum absolute atomic E-state index is 0.0844. The van der Waals surface area contributed by atoms with Gasteiger partial charge in [-0.05, 0) is 6.07 Å². The summed E-state index contributed by atoms with van der Waals surface area (Å²) in [4.78, 5) is 0. The maximum atomic E-state index is 13.3. The van der Waals surface area contributed by atoms with Gasteiger partial charge in [-0.15, -0.1) is 0 Å². The van der Waals surface area contributed by atoms with Gasteiger partial charge in [0.1, 0.15) is 5.82 Å². The van der Waals surface area contributed by atoms with Crippen molar-refractivity contribution in [1.82, 2.24) is 0 Å². The Bertz CT molecular complexity index is 368. The van der Waals surface area contributed by atoms with Crippen LogP contribution in [0, 0.1) is 5.82 Å². The number of hydrogen-bond donors (Lipinski definition) is 1. The normalized spacial score (nSPS) is 12.3. The summed E-state index contributed by atoms with van der Waals surface area (Å²) in [5.74, 6) is -0.904. The van der Waals surface area contributed by atoms with Gasteiger partial charge in [0.05, 0.1) is 5.56 Å². The van der Waals surface area contributed by atoms with Crippen molar-refractivity contribution in [2.75, 3.05) is 5.75 Å². The molecule has 15 heavy (non-hydrogen) atoms. The summed E-state index contributed by atoms with van der Waals surface area (Å²) in [5.41, 5.74) is -1.33. The third-order valence-electron chi connectivity index (χ3n) is 1.74. The van der Waals surface area contributed by atoms with Crippen LogP contribution in [-0.2, 0) is 6.18 Å². The van der Waals surface area contributed by atoms with Crippen molar-refractivity contribution in [3.8, 4) is 0 Å². The van der Waals surface area contributed by atoms with Crippen LogP contribution in [0.4, 0.5) is 17.6 Å². The number of halogens is 4. The molecule has 0 unspecified atom stereocenters. The van der Waals surface area contributed by atoms with Crippen LogP contribution in [0.5, 0.6) is 0 Å². The molecule has 0 bridgehead atoms. The second-order valence-corrected chi connectivity index (χ2v) is 3.16. The van der Waals surface area contributed by atoms with Gasteiger partial charge in [0, 0.05) is 11.3 Å². The average molecular weight is 236 g/mol. The van der Waals surface area contributed by atoms with E-state index in [1.54, 1.807) is 0 Å². The standard InChI is InChI=1S/C10H8F4S/c11-9-7(4-2-6-15)3-1-5-8(9)10(12,13)14/h1-5,15H,6H2. The van der Waals surface area contributed by atoms with E-state index in [-0.39, 0.29) is 5.56 Å². The van der Waals surface area contributed by atoms with Gasteiger partial charge >= 0.3 is 6.18 Å². The third kappa shape index (κ3) is 2.99. The summed E-state index contributed by atoms with van der Waals surface area (Å²) in [5, 5.41) is 0. The van der Waals surface area contributed by atoms with Crippen molar-refractivity contribution >= 4 is 18.7 Å². The van der Waals surface area contributed by atoms with E-state index in [0.717, 1.165) is 0 Å². The van der Waals surface area contributed by atoms with Crippen molar-refractivity contribution in [1.29, 1.82) is 0 Å². The van der Waals surface area contributed by atoms with Crippen molar-refractivity contribution in [3.63, 3.8) is 0 Å². The Labute approximate surface area is 90.0 Å². The number of benzene rings is 1. The van der Waals surface area contributed by atoms with Crippen LogP contribution in [0.1, 0.15) is 11.1 Å². The van der Waals surface area contributed by atoms with Crippen molar-refractivity contribution < 1.29 is 17.6 Å². The number of alkyl halides is 3. The molecule has 0 aliphatic rings. The lowest BCUT2D eigenvalue weighted by atomic mass is 10.1. The SMILES string of the molecule is Fc1c(C=CCS)cccc1C(F)(F)F. The Balaban J connectivity index is 3.17. The summed E-state index contributed by atoms with van der Waals surface area (Å²) in [6, 6.07) is 3.17. The van der Waals surface area contributed by atoms with E-state index in [2.05, 4.69) is 12.6 Å². The second kappa shape index (κ2) is 4.70. The van der Waals surface area contributed by atoms with Crippen LogP contribution in [0.2, 0.25) is 0 Å². The van der Waals surface area contributed by atoms with Gasteiger partial charge in [-0.25, -0.2) is 4.39 Å². The highest BCUT2D eigenvalue weighted by molar-refractivity contribution is 7.80. The van der Waals surface area contributed by atoms with E-state index in [4.69, 9.17) is 0 Å². The molecule has 0 amide bonds. The second-order valence-electron chi connectivity index (χ2n) is 2.79. The predicted octanol–water partition coefficient (Wildman–Crippen LogP) is 3.79. The first-order valence-corrected chi connectivity index (χ1v) is 4.73. The first-order chi connectivity index (χ1) is 6.96. The Morgan fingerprint density at radius 2 is 1.93 bits per heavy atom. The first-order valence-electron chi connectivity index (χ1n) is 4.10. The fourth-order valence-corrected chi connectivity index (χ4v) is 1.18. The lowest BCUT2D eigenvalue weighted by Crippen LogP contribution is -2.08. The van der Waals surface area contributed by atoms with Gasteiger partial charge in [0.2, 0.25) is 0 Å². The van der Waals surface area contributed by atoms with Gasteiger partial charge < -0.3 is 0 Å². The molecule has 1 rings (SSSR count). The molecular formula is C10H8F4S. The van der Waals surface area contributed by atoms with E-state index < -0.39 is 17.6 Å². The molecule has 0 aromatic heterocycles. The monoisotopic (exact) mass is 236 g/mol. The van der Waals surface area contributed by atoms with Crippen LogP contribution in [0.3, 0.4) is 0 Å². The average Bonchev–Trinajstić information content (AvgIpc) is 2.14. The van der Waals surface area contributed by atoms with Crippen LogP contribution in [0.15, 0.2) is 24.3 Å². The number of thiol groups is 1. The summed E-state index contributed by atoms with van der Waals surface area (Å²) in [7, 11) is 0. The number of rotatable bonds is 2. The largest absolute Gasteiger partial charge is 0.419 e. The molecule has 0 fully saturated rings. The van der Waals surface area contributed by atoms with Crippen molar-refractivity contribution in [2.45, 2.75) is 6.18 Å². The molecule has 82 valence electrons. The fourth-order valence-electron chi connectivity index (χ4n) is 1.08. The fraction of sp³-hybridized carbons (Fsp3) is 0.200. The van der Waals surface area contributed by atoms with E-state index in [1.165, 1.54) is 24.3 Å². The van der Waals surface area contributed by atoms with Crippen molar-refractivity contribution in [2.24, 2.45) is 0 Å². The van der Waals surface area contributed by atoms with Crippen molar-refractivity contribution in [3.05, 3.63) is 41.2 Å². The topological polar surface area (TPSA) is 0 Å². The maximum Gasteiger partial charge on any atom is 0.419 e. The van der Waals surface area contributed by atoms with E-state index in [9.17, 15) is 17.6 Å². The van der Waals surface area contributed by atoms with E-state index in [0.29, 0.717) is 11.8 Å². The molecular weight excluding hydrogens is 228 g/mol. The molecule has 1 aromatic rings. The van der Waals surface area contributed by atoms with Crippen LogP contribution < -0.4 is 0 Å². The zero-order valence-electron chi connectivity index (χ0n) is 7.55. The molecule has 0 N–H and O–H groups in total. The Kier molecular flexibility index (Phi) is 3.79. The molecule has 5 heteroatoms. The molecule has 0 aliphatic heterocycles. The molecule has 0 saturated carbocycles. The molecule has 0 saturated heterocycles. The summed E-state index contributed by atoms with van der Waals surface area (Å²) >= 11 is 3.84.